The van der Waals surface area contributed by atoms with Crippen molar-refractivity contribution in [3.63, 3.8) is 0 Å². The summed E-state index contributed by atoms with van der Waals surface area (Å²) < 4.78 is 43.6. The largest absolute Gasteiger partial charge is 0.493 e. The van der Waals surface area contributed by atoms with E-state index in [2.05, 4.69) is 53.7 Å². The van der Waals surface area contributed by atoms with Crippen molar-refractivity contribution in [2.45, 2.75) is 51.3 Å². The number of nitrogens with zero attached hydrogens (tertiary/aromatic N) is 1. The Balaban J connectivity index is 1.49. The first-order chi connectivity index (χ1) is 24.0. The summed E-state index contributed by atoms with van der Waals surface area (Å²) in [4.78, 5) is 2.39. The number of hydrogen-bond acceptors (Lipinski definition) is 9. The SMILES string of the molecule is CCOCc1c2c3c(c(OC)c1OC)Oc1cc4c(cc1OC)CCN[C@H]4Cc1ccc(cc1)Oc1cc(ccc1OC)C[C@@H]3N(C)CC2. The third-order valence-electron chi connectivity index (χ3n) is 10.1. The molecule has 0 spiro atoms. The molecule has 4 aromatic carbocycles. The number of rotatable bonds is 7. The molecule has 0 radical (unpaired) electrons. The van der Waals surface area contributed by atoms with E-state index in [1.807, 2.05) is 25.1 Å². The Labute approximate surface area is 289 Å². The Morgan fingerprint density at radius 3 is 2.29 bits per heavy atom. The molecule has 0 aromatic heterocycles. The van der Waals surface area contributed by atoms with Gasteiger partial charge in [0, 0.05) is 36.4 Å². The van der Waals surface area contributed by atoms with Crippen LogP contribution in [-0.4, -0.2) is 60.1 Å². The fraction of sp³-hybridized carbons (Fsp3) is 0.400. The number of ether oxygens (including phenoxy) is 7. The van der Waals surface area contributed by atoms with Gasteiger partial charge < -0.3 is 38.5 Å². The van der Waals surface area contributed by atoms with E-state index in [4.69, 9.17) is 33.2 Å². The average Bonchev–Trinajstić information content (AvgIpc) is 3.12. The molecule has 0 saturated carbocycles. The van der Waals surface area contributed by atoms with Crippen molar-refractivity contribution in [1.82, 2.24) is 10.2 Å². The van der Waals surface area contributed by atoms with Gasteiger partial charge >= 0.3 is 0 Å². The molecule has 4 heterocycles. The Kier molecular flexibility index (Phi) is 9.58. The van der Waals surface area contributed by atoms with E-state index in [9.17, 15) is 0 Å². The van der Waals surface area contributed by atoms with E-state index < -0.39 is 0 Å². The van der Waals surface area contributed by atoms with Crippen LogP contribution in [0, 0.1) is 0 Å². The van der Waals surface area contributed by atoms with Gasteiger partial charge in [-0.05, 0) is 110 Å². The lowest BCUT2D eigenvalue weighted by Crippen LogP contribution is -2.35. The molecule has 4 aliphatic heterocycles. The molecule has 9 heteroatoms. The van der Waals surface area contributed by atoms with Crippen LogP contribution in [0.2, 0.25) is 0 Å². The van der Waals surface area contributed by atoms with E-state index in [0.29, 0.717) is 59.9 Å². The highest BCUT2D eigenvalue weighted by molar-refractivity contribution is 5.67. The van der Waals surface area contributed by atoms with Crippen molar-refractivity contribution in [3.8, 4) is 46.0 Å². The number of fused-ring (bicyclic) bond motifs is 2. The molecule has 0 unspecified atom stereocenters. The number of hydrogen-bond donors (Lipinski definition) is 1. The minimum Gasteiger partial charge on any atom is -0.493 e. The molecule has 4 aliphatic rings. The average molecular weight is 667 g/mol. The van der Waals surface area contributed by atoms with Crippen LogP contribution in [0.5, 0.6) is 46.0 Å². The summed E-state index contributed by atoms with van der Waals surface area (Å²) in [6.45, 7) is 4.73. The summed E-state index contributed by atoms with van der Waals surface area (Å²) in [6, 6.07) is 18.8. The van der Waals surface area contributed by atoms with Gasteiger partial charge in [-0.25, -0.2) is 0 Å². The smallest absolute Gasteiger partial charge is 0.204 e. The van der Waals surface area contributed by atoms with Crippen molar-refractivity contribution in [3.05, 3.63) is 93.5 Å². The zero-order chi connectivity index (χ0) is 34.1. The van der Waals surface area contributed by atoms with Gasteiger partial charge in [-0.1, -0.05) is 18.2 Å². The van der Waals surface area contributed by atoms with Crippen molar-refractivity contribution in [2.24, 2.45) is 0 Å². The van der Waals surface area contributed by atoms with Crippen molar-refractivity contribution in [2.75, 3.05) is 55.2 Å². The minimum atomic E-state index is -0.0589. The maximum atomic E-state index is 7.10. The molecule has 0 fully saturated rings. The number of methoxy groups -OCH3 is 4. The lowest BCUT2D eigenvalue weighted by atomic mass is 9.84. The highest BCUT2D eigenvalue weighted by atomic mass is 16.5. The summed E-state index contributed by atoms with van der Waals surface area (Å²) in [7, 11) is 8.89. The molecule has 49 heavy (non-hydrogen) atoms. The van der Waals surface area contributed by atoms with Crippen LogP contribution in [0.15, 0.2) is 54.6 Å². The summed E-state index contributed by atoms with van der Waals surface area (Å²) >= 11 is 0. The van der Waals surface area contributed by atoms with E-state index >= 15 is 0 Å². The minimum absolute atomic E-state index is 0.0589. The summed E-state index contributed by atoms with van der Waals surface area (Å²) in [5.74, 6) is 5.24. The summed E-state index contributed by atoms with van der Waals surface area (Å²) in [5, 5.41) is 3.75. The predicted molar refractivity (Wildman–Crippen MR) is 188 cm³/mol. The normalized spacial score (nSPS) is 18.3. The second-order valence-electron chi connectivity index (χ2n) is 12.9. The van der Waals surface area contributed by atoms with E-state index in [0.717, 1.165) is 54.8 Å². The van der Waals surface area contributed by atoms with Crippen molar-refractivity contribution >= 4 is 0 Å². The molecule has 4 aromatic rings. The number of benzene rings is 4. The Morgan fingerprint density at radius 2 is 1.55 bits per heavy atom. The summed E-state index contributed by atoms with van der Waals surface area (Å²) in [6.07, 6.45) is 3.21. The summed E-state index contributed by atoms with van der Waals surface area (Å²) in [5.41, 5.74) is 7.98. The first-order valence-corrected chi connectivity index (χ1v) is 17.1. The van der Waals surface area contributed by atoms with Gasteiger partial charge in [0.2, 0.25) is 5.75 Å². The first-order valence-electron chi connectivity index (χ1n) is 17.1. The standard InChI is InChI=1S/C40H46N2O7/c1-7-47-23-30-28-15-17-42(2)32-19-25-10-13-33(43-3)35(20-25)48-27-11-8-24(9-12-27)18-31-29-22-36(34(44-4)21-26(29)14-16-41-31)49-39(37(28)32)40(46-6)38(30)45-5/h8-13,20-22,31-32,41H,7,14-19,23H2,1-6H3/t31-,32-/m0/s1. The quantitative estimate of drug-likeness (QED) is 0.218. The van der Waals surface area contributed by atoms with Crippen molar-refractivity contribution in [1.29, 1.82) is 0 Å². The van der Waals surface area contributed by atoms with E-state index in [-0.39, 0.29) is 12.1 Å². The van der Waals surface area contributed by atoms with Gasteiger partial charge in [0.15, 0.2) is 34.5 Å². The van der Waals surface area contributed by atoms with Gasteiger partial charge in [0.1, 0.15) is 5.75 Å². The van der Waals surface area contributed by atoms with Gasteiger partial charge in [-0.2, -0.15) is 0 Å². The molecule has 2 atom stereocenters. The number of nitrogens with one attached hydrogen (secondary N) is 1. The third kappa shape index (κ3) is 6.27. The predicted octanol–water partition coefficient (Wildman–Crippen LogP) is 7.36. The molecular weight excluding hydrogens is 620 g/mol. The van der Waals surface area contributed by atoms with Crippen LogP contribution in [-0.2, 0) is 37.0 Å². The van der Waals surface area contributed by atoms with Crippen LogP contribution in [0.3, 0.4) is 0 Å². The Bertz CT molecular complexity index is 1820. The van der Waals surface area contributed by atoms with Gasteiger partial charge in [-0.3, -0.25) is 4.90 Å². The lowest BCUT2D eigenvalue weighted by molar-refractivity contribution is 0.129. The molecule has 8 rings (SSSR count). The fourth-order valence-corrected chi connectivity index (χ4v) is 7.61. The van der Waals surface area contributed by atoms with Crippen molar-refractivity contribution < 1.29 is 33.2 Å². The van der Waals surface area contributed by atoms with Crippen LogP contribution in [0.25, 0.3) is 0 Å². The lowest BCUT2D eigenvalue weighted by Gasteiger charge is -2.38. The first kappa shape index (κ1) is 33.1. The maximum Gasteiger partial charge on any atom is 0.204 e. The second-order valence-corrected chi connectivity index (χ2v) is 12.9. The third-order valence-corrected chi connectivity index (χ3v) is 10.1. The van der Waals surface area contributed by atoms with Crippen LogP contribution in [0.1, 0.15) is 58.0 Å². The topological polar surface area (TPSA) is 79.9 Å². The zero-order valence-corrected chi connectivity index (χ0v) is 29.3. The Hall–Kier alpha value is -4.44. The molecule has 9 nitrogen and oxygen atoms in total. The number of likely N-dealkylation sites (N-methyl/N-ethyl adjacent to an activating group) is 1. The Morgan fingerprint density at radius 1 is 0.796 bits per heavy atom. The van der Waals surface area contributed by atoms with Gasteiger partial charge in [-0.15, -0.1) is 0 Å². The van der Waals surface area contributed by atoms with Crippen LogP contribution in [0.4, 0.5) is 0 Å². The van der Waals surface area contributed by atoms with Gasteiger partial charge in [0.05, 0.1) is 35.0 Å². The molecule has 258 valence electrons. The highest BCUT2D eigenvalue weighted by Gasteiger charge is 2.37. The highest BCUT2D eigenvalue weighted by Crippen LogP contribution is 2.54. The van der Waals surface area contributed by atoms with E-state index in [1.54, 1.807) is 28.4 Å². The molecule has 0 aliphatic carbocycles. The second kappa shape index (κ2) is 14.2. The van der Waals surface area contributed by atoms with Crippen LogP contribution < -0.4 is 33.7 Å². The fourth-order valence-electron chi connectivity index (χ4n) is 7.61. The van der Waals surface area contributed by atoms with E-state index in [1.165, 1.54) is 22.3 Å². The maximum absolute atomic E-state index is 7.10. The molecular formula is C40H46N2O7. The molecule has 1 N–H and O–H groups in total. The molecule has 6 bridgehead atoms. The molecule has 0 amide bonds. The van der Waals surface area contributed by atoms with Gasteiger partial charge in [0.25, 0.3) is 0 Å². The zero-order valence-electron chi connectivity index (χ0n) is 29.3. The monoisotopic (exact) mass is 666 g/mol. The molecule has 0 saturated heterocycles. The van der Waals surface area contributed by atoms with Crippen LogP contribution >= 0.6 is 0 Å².